The van der Waals surface area contributed by atoms with Gasteiger partial charge in [-0.3, -0.25) is 4.79 Å². The molecule has 1 rings (SSSR count). The van der Waals surface area contributed by atoms with Gasteiger partial charge in [0.25, 0.3) is 0 Å². The summed E-state index contributed by atoms with van der Waals surface area (Å²) in [6.07, 6.45) is 3.86. The minimum absolute atomic E-state index is 0.0386. The van der Waals surface area contributed by atoms with Crippen LogP contribution in [0, 0.1) is 0 Å². The summed E-state index contributed by atoms with van der Waals surface area (Å²) in [7, 11) is 0. The molecule has 0 aromatic carbocycles. The Bertz CT molecular complexity index is 352. The molecule has 0 bridgehead atoms. The summed E-state index contributed by atoms with van der Waals surface area (Å²) in [4.78, 5) is 22.1. The summed E-state index contributed by atoms with van der Waals surface area (Å²) in [6.45, 7) is 3.43. The fourth-order valence-electron chi connectivity index (χ4n) is 2.36. The van der Waals surface area contributed by atoms with E-state index in [1.165, 1.54) is 18.7 Å². The normalized spacial score (nSPS) is 26.5. The summed E-state index contributed by atoms with van der Waals surface area (Å²) < 4.78 is 5.49. The van der Waals surface area contributed by atoms with E-state index < -0.39 is 18.3 Å². The van der Waals surface area contributed by atoms with Gasteiger partial charge in [0.2, 0.25) is 5.91 Å². The number of ether oxygens (including phenoxy) is 1. The molecule has 0 aliphatic carbocycles. The molecule has 0 spiro atoms. The number of nitrogens with one attached hydrogen (secondary N) is 1. The standard InChI is InChI=1S/C14H25NO5S/c1-3-4-5-6-11-12(7-13(17)20-11)21-8-10(14(18)19)15-9(2)16/h10-13,17H,3-8H2,1-2H3,(H,15,16)(H,18,19)/t10-,11-,12+,13+/m0/s1. The lowest BCUT2D eigenvalue weighted by Crippen LogP contribution is -2.42. The minimum Gasteiger partial charge on any atom is -0.480 e. The Kier molecular flexibility index (Phi) is 8.06. The zero-order valence-corrected chi connectivity index (χ0v) is 13.4. The number of hydrogen-bond acceptors (Lipinski definition) is 5. The van der Waals surface area contributed by atoms with Crippen molar-refractivity contribution in [2.75, 3.05) is 5.75 Å². The molecule has 1 aliphatic rings. The predicted octanol–water partition coefficient (Wildman–Crippen LogP) is 1.37. The minimum atomic E-state index is -1.04. The number of aliphatic carboxylic acids is 1. The number of aliphatic hydroxyl groups is 1. The lowest BCUT2D eigenvalue weighted by Gasteiger charge is -2.20. The van der Waals surface area contributed by atoms with Crippen LogP contribution in [0.5, 0.6) is 0 Å². The molecule has 6 nitrogen and oxygen atoms in total. The van der Waals surface area contributed by atoms with Gasteiger partial charge in [0, 0.05) is 24.3 Å². The molecule has 4 atom stereocenters. The molecule has 0 aromatic heterocycles. The quantitative estimate of drug-likeness (QED) is 0.555. The highest BCUT2D eigenvalue weighted by Gasteiger charge is 2.35. The molecule has 1 heterocycles. The number of carbonyl (C=O) groups is 2. The van der Waals surface area contributed by atoms with E-state index in [1.807, 2.05) is 0 Å². The lowest BCUT2D eigenvalue weighted by atomic mass is 10.1. The van der Waals surface area contributed by atoms with E-state index in [0.717, 1.165) is 25.7 Å². The Morgan fingerprint density at radius 2 is 2.14 bits per heavy atom. The topological polar surface area (TPSA) is 95.9 Å². The molecule has 7 heteroatoms. The second-order valence-corrected chi connectivity index (χ2v) is 6.60. The first kappa shape index (κ1) is 18.3. The summed E-state index contributed by atoms with van der Waals surface area (Å²) in [5.41, 5.74) is 0. The van der Waals surface area contributed by atoms with Crippen LogP contribution >= 0.6 is 11.8 Å². The molecule has 0 aromatic rings. The van der Waals surface area contributed by atoms with Gasteiger partial charge >= 0.3 is 5.97 Å². The van der Waals surface area contributed by atoms with Crippen LogP contribution in [-0.4, -0.2) is 51.5 Å². The lowest BCUT2D eigenvalue weighted by molar-refractivity contribution is -0.140. The van der Waals surface area contributed by atoms with E-state index in [1.54, 1.807) is 0 Å². The van der Waals surface area contributed by atoms with E-state index in [9.17, 15) is 14.7 Å². The van der Waals surface area contributed by atoms with Crippen molar-refractivity contribution in [1.29, 1.82) is 0 Å². The molecule has 1 amide bonds. The Morgan fingerprint density at radius 1 is 1.43 bits per heavy atom. The summed E-state index contributed by atoms with van der Waals surface area (Å²) in [5, 5.41) is 21.2. The second kappa shape index (κ2) is 9.27. The fraction of sp³-hybridized carbons (Fsp3) is 0.857. The Hall–Kier alpha value is -0.790. The van der Waals surface area contributed by atoms with Crippen LogP contribution in [0.1, 0.15) is 46.0 Å². The zero-order chi connectivity index (χ0) is 15.8. The van der Waals surface area contributed by atoms with Crippen molar-refractivity contribution < 1.29 is 24.5 Å². The van der Waals surface area contributed by atoms with Crippen LogP contribution in [0.2, 0.25) is 0 Å². The molecule has 1 aliphatic heterocycles. The number of thioether (sulfide) groups is 1. The van der Waals surface area contributed by atoms with E-state index in [2.05, 4.69) is 12.2 Å². The predicted molar refractivity (Wildman–Crippen MR) is 81.1 cm³/mol. The molecular weight excluding hydrogens is 294 g/mol. The maximum atomic E-state index is 11.1. The van der Waals surface area contributed by atoms with E-state index in [4.69, 9.17) is 9.84 Å². The number of carboxylic acids is 1. The molecule has 1 fully saturated rings. The Balaban J connectivity index is 2.45. The number of rotatable bonds is 9. The number of hydrogen-bond donors (Lipinski definition) is 3. The molecule has 0 unspecified atom stereocenters. The van der Waals surface area contributed by atoms with Gasteiger partial charge in [-0.1, -0.05) is 26.2 Å². The van der Waals surface area contributed by atoms with E-state index in [-0.39, 0.29) is 23.0 Å². The maximum Gasteiger partial charge on any atom is 0.327 e. The van der Waals surface area contributed by atoms with Crippen molar-refractivity contribution in [2.45, 2.75) is 69.6 Å². The average molecular weight is 319 g/mol. The van der Waals surface area contributed by atoms with Gasteiger partial charge in [-0.05, 0) is 6.42 Å². The van der Waals surface area contributed by atoms with Gasteiger partial charge in [-0.15, -0.1) is 0 Å². The molecule has 21 heavy (non-hydrogen) atoms. The average Bonchev–Trinajstić information content (AvgIpc) is 2.74. The van der Waals surface area contributed by atoms with Crippen molar-refractivity contribution in [3.63, 3.8) is 0 Å². The summed E-state index contributed by atoms with van der Waals surface area (Å²) >= 11 is 1.45. The van der Waals surface area contributed by atoms with Crippen molar-refractivity contribution in [1.82, 2.24) is 5.32 Å². The third kappa shape index (κ3) is 6.67. The summed E-state index contributed by atoms with van der Waals surface area (Å²) in [5.74, 6) is -1.12. The van der Waals surface area contributed by atoms with Crippen molar-refractivity contribution in [3.05, 3.63) is 0 Å². The number of amides is 1. The number of unbranched alkanes of at least 4 members (excludes halogenated alkanes) is 2. The van der Waals surface area contributed by atoms with Crippen LogP contribution in [0.15, 0.2) is 0 Å². The fourth-order valence-corrected chi connectivity index (χ4v) is 3.74. The molecule has 0 saturated carbocycles. The van der Waals surface area contributed by atoms with Crippen LogP contribution in [0.3, 0.4) is 0 Å². The molecule has 122 valence electrons. The Labute approximate surface area is 129 Å². The van der Waals surface area contributed by atoms with Gasteiger partial charge in [-0.25, -0.2) is 4.79 Å². The molecule has 3 N–H and O–H groups in total. The van der Waals surface area contributed by atoms with Gasteiger partial charge in [0.05, 0.1) is 6.10 Å². The first-order valence-electron chi connectivity index (χ1n) is 7.39. The van der Waals surface area contributed by atoms with Gasteiger partial charge in [0.15, 0.2) is 6.29 Å². The van der Waals surface area contributed by atoms with Crippen molar-refractivity contribution >= 4 is 23.6 Å². The SMILES string of the molecule is CCCCC[C@@H]1O[C@@H](O)C[C@H]1SC[C@H](NC(C)=O)C(=O)O. The molecular formula is C14H25NO5S. The van der Waals surface area contributed by atoms with E-state index >= 15 is 0 Å². The maximum absolute atomic E-state index is 11.1. The molecule has 1 saturated heterocycles. The van der Waals surface area contributed by atoms with Gasteiger partial charge in [-0.2, -0.15) is 11.8 Å². The van der Waals surface area contributed by atoms with Crippen LogP contribution in [0.25, 0.3) is 0 Å². The third-order valence-corrected chi connectivity index (χ3v) is 4.88. The van der Waals surface area contributed by atoms with Gasteiger partial charge in [0.1, 0.15) is 6.04 Å². The van der Waals surface area contributed by atoms with E-state index in [0.29, 0.717) is 6.42 Å². The zero-order valence-electron chi connectivity index (χ0n) is 12.6. The highest BCUT2D eigenvalue weighted by molar-refractivity contribution is 8.00. The Morgan fingerprint density at radius 3 is 2.71 bits per heavy atom. The van der Waals surface area contributed by atoms with Crippen LogP contribution in [0.4, 0.5) is 0 Å². The highest BCUT2D eigenvalue weighted by atomic mass is 32.2. The number of carbonyl (C=O) groups excluding carboxylic acids is 1. The van der Waals surface area contributed by atoms with Crippen molar-refractivity contribution in [2.24, 2.45) is 0 Å². The monoisotopic (exact) mass is 319 g/mol. The van der Waals surface area contributed by atoms with Crippen molar-refractivity contribution in [3.8, 4) is 0 Å². The smallest absolute Gasteiger partial charge is 0.327 e. The summed E-state index contributed by atoms with van der Waals surface area (Å²) in [6, 6.07) is -0.901. The van der Waals surface area contributed by atoms with Gasteiger partial charge < -0.3 is 20.3 Å². The third-order valence-electron chi connectivity index (χ3n) is 3.43. The first-order valence-corrected chi connectivity index (χ1v) is 8.44. The van der Waals surface area contributed by atoms with Crippen LogP contribution in [-0.2, 0) is 14.3 Å². The first-order chi connectivity index (χ1) is 9.93. The second-order valence-electron chi connectivity index (χ2n) is 5.32. The van der Waals surface area contributed by atoms with Crippen LogP contribution < -0.4 is 5.32 Å². The number of aliphatic hydroxyl groups excluding tert-OH is 1. The molecule has 0 radical (unpaired) electrons. The largest absolute Gasteiger partial charge is 0.480 e. The number of carboxylic acid groups (broad SMARTS) is 1. The highest BCUT2D eigenvalue weighted by Crippen LogP contribution is 2.33.